The summed E-state index contributed by atoms with van der Waals surface area (Å²) in [6, 6.07) is 16.9. The van der Waals surface area contributed by atoms with E-state index in [1.807, 2.05) is 23.1 Å². The van der Waals surface area contributed by atoms with Gasteiger partial charge in [0.25, 0.3) is 0 Å². The third kappa shape index (κ3) is 6.16. The van der Waals surface area contributed by atoms with Gasteiger partial charge in [-0.15, -0.1) is 0 Å². The summed E-state index contributed by atoms with van der Waals surface area (Å²) in [6.45, 7) is 3.39. The highest BCUT2D eigenvalue weighted by atomic mass is 35.5. The summed E-state index contributed by atoms with van der Waals surface area (Å²) in [6.07, 6.45) is 1.50. The lowest BCUT2D eigenvalue weighted by molar-refractivity contribution is -0.136. The highest BCUT2D eigenvalue weighted by Crippen LogP contribution is 2.36. The Morgan fingerprint density at radius 3 is 2.57 bits per heavy atom. The molecule has 2 saturated heterocycles. The average molecular weight is 594 g/mol. The van der Waals surface area contributed by atoms with Crippen molar-refractivity contribution in [1.29, 1.82) is 5.26 Å². The standard InChI is InChI=1S/C31H30ClF2N5O3/c1-2-39(31(41)42-23-9-7-22(33)8-10-23)28-19-38(18-25(28)20-6-11-26(32)27(34)15-20)30(40)24-12-14-37(17-21(24)16-35)29-5-3-4-13-36-29/h3-11,13,15,21,24-25,28H,2,12,14,17-19H2,1H3/t21?,24?,25-,28+/m0/s1. The molecule has 2 fully saturated rings. The molecule has 0 radical (unpaired) electrons. The zero-order valence-electron chi connectivity index (χ0n) is 23.0. The number of carbonyl (C=O) groups is 2. The van der Waals surface area contributed by atoms with Gasteiger partial charge in [0.15, 0.2) is 0 Å². The number of hydrogen-bond acceptors (Lipinski definition) is 6. The van der Waals surface area contributed by atoms with Crippen molar-refractivity contribution in [1.82, 2.24) is 14.8 Å². The van der Waals surface area contributed by atoms with E-state index >= 15 is 0 Å². The predicted octanol–water partition coefficient (Wildman–Crippen LogP) is 5.49. The first-order valence-electron chi connectivity index (χ1n) is 13.8. The molecule has 5 rings (SSSR count). The minimum atomic E-state index is -0.665. The first kappa shape index (κ1) is 29.3. The lowest BCUT2D eigenvalue weighted by atomic mass is 9.85. The number of hydrogen-bond donors (Lipinski definition) is 0. The van der Waals surface area contributed by atoms with E-state index in [4.69, 9.17) is 16.3 Å². The number of likely N-dealkylation sites (tertiary alicyclic amines) is 1. The summed E-state index contributed by atoms with van der Waals surface area (Å²) >= 11 is 5.94. The lowest BCUT2D eigenvalue weighted by Gasteiger charge is -2.37. The third-order valence-corrected chi connectivity index (χ3v) is 8.34. The van der Waals surface area contributed by atoms with E-state index in [0.717, 1.165) is 5.82 Å². The van der Waals surface area contributed by atoms with Crippen LogP contribution in [0.25, 0.3) is 0 Å². The van der Waals surface area contributed by atoms with Crippen molar-refractivity contribution in [3.05, 3.63) is 89.1 Å². The largest absolute Gasteiger partial charge is 0.415 e. The number of anilines is 1. The zero-order chi connectivity index (χ0) is 29.8. The van der Waals surface area contributed by atoms with Gasteiger partial charge in [-0.25, -0.2) is 18.6 Å². The Bertz CT molecular complexity index is 1470. The van der Waals surface area contributed by atoms with Gasteiger partial charge in [-0.3, -0.25) is 4.79 Å². The number of pyridine rings is 1. The van der Waals surface area contributed by atoms with Crippen LogP contribution < -0.4 is 9.64 Å². The Balaban J connectivity index is 1.38. The number of rotatable bonds is 6. The molecule has 0 aliphatic carbocycles. The van der Waals surface area contributed by atoms with Crippen LogP contribution in [0.2, 0.25) is 5.02 Å². The second-order valence-corrected chi connectivity index (χ2v) is 10.9. The Hall–Kier alpha value is -4.23. The molecule has 2 aromatic carbocycles. The molecular weight excluding hydrogens is 564 g/mol. The molecular formula is C31H30ClF2N5O3. The monoisotopic (exact) mass is 593 g/mol. The first-order valence-corrected chi connectivity index (χ1v) is 14.2. The maximum Gasteiger partial charge on any atom is 0.415 e. The Labute approximate surface area is 248 Å². The first-order chi connectivity index (χ1) is 20.3. The van der Waals surface area contributed by atoms with E-state index < -0.39 is 41.5 Å². The van der Waals surface area contributed by atoms with Crippen LogP contribution >= 0.6 is 11.6 Å². The van der Waals surface area contributed by atoms with Gasteiger partial charge in [0.1, 0.15) is 23.2 Å². The van der Waals surface area contributed by atoms with Crippen LogP contribution in [0, 0.1) is 34.8 Å². The number of halogens is 3. The fourth-order valence-corrected chi connectivity index (χ4v) is 5.99. The van der Waals surface area contributed by atoms with Crippen LogP contribution in [0.15, 0.2) is 66.9 Å². The maximum absolute atomic E-state index is 14.5. The number of nitriles is 1. The van der Waals surface area contributed by atoms with E-state index in [1.165, 1.54) is 41.3 Å². The van der Waals surface area contributed by atoms with Crippen molar-refractivity contribution in [3.63, 3.8) is 0 Å². The summed E-state index contributed by atoms with van der Waals surface area (Å²) in [5.41, 5.74) is 0.590. The van der Waals surface area contributed by atoms with E-state index in [2.05, 4.69) is 11.1 Å². The molecule has 0 saturated carbocycles. The number of piperidine rings is 1. The van der Waals surface area contributed by atoms with Crippen molar-refractivity contribution in [3.8, 4) is 11.8 Å². The van der Waals surface area contributed by atoms with E-state index in [9.17, 15) is 23.6 Å². The molecule has 4 atom stereocenters. The summed E-state index contributed by atoms with van der Waals surface area (Å²) in [4.78, 5) is 36.8. The van der Waals surface area contributed by atoms with Crippen molar-refractivity contribution in [2.45, 2.75) is 25.3 Å². The lowest BCUT2D eigenvalue weighted by Crippen LogP contribution is -2.49. The maximum atomic E-state index is 14.5. The van der Waals surface area contributed by atoms with Crippen LogP contribution in [-0.4, -0.2) is 65.5 Å². The molecule has 2 aliphatic rings. The molecule has 3 aromatic rings. The molecule has 8 nitrogen and oxygen atoms in total. The fourth-order valence-electron chi connectivity index (χ4n) is 5.88. The number of likely N-dealkylation sites (N-methyl/N-ethyl adjacent to an activating group) is 1. The third-order valence-electron chi connectivity index (χ3n) is 8.04. The summed E-state index contributed by atoms with van der Waals surface area (Å²) < 4.78 is 33.5. The Kier molecular flexibility index (Phi) is 8.88. The van der Waals surface area contributed by atoms with Gasteiger partial charge in [0.2, 0.25) is 5.91 Å². The molecule has 42 heavy (non-hydrogen) atoms. The summed E-state index contributed by atoms with van der Waals surface area (Å²) in [5.74, 6) is -1.81. The van der Waals surface area contributed by atoms with Gasteiger partial charge in [-0.05, 0) is 67.4 Å². The van der Waals surface area contributed by atoms with Gasteiger partial charge in [-0.1, -0.05) is 23.7 Å². The minimum Gasteiger partial charge on any atom is -0.410 e. The van der Waals surface area contributed by atoms with Gasteiger partial charge in [0.05, 0.1) is 29.0 Å². The number of benzene rings is 2. The molecule has 3 heterocycles. The summed E-state index contributed by atoms with van der Waals surface area (Å²) in [5, 5.41) is 9.97. The Morgan fingerprint density at radius 1 is 1.12 bits per heavy atom. The van der Waals surface area contributed by atoms with Crippen LogP contribution in [-0.2, 0) is 4.79 Å². The van der Waals surface area contributed by atoms with Crippen molar-refractivity contribution in [2.24, 2.45) is 11.8 Å². The normalized spacial score (nSPS) is 22.0. The number of ether oxygens (including phenoxy) is 1. The van der Waals surface area contributed by atoms with E-state index in [0.29, 0.717) is 25.1 Å². The second kappa shape index (κ2) is 12.7. The van der Waals surface area contributed by atoms with E-state index in [-0.39, 0.29) is 36.3 Å². The smallest absolute Gasteiger partial charge is 0.410 e. The van der Waals surface area contributed by atoms with Crippen LogP contribution in [0.5, 0.6) is 5.75 Å². The summed E-state index contributed by atoms with van der Waals surface area (Å²) in [7, 11) is 0. The number of aromatic nitrogens is 1. The molecule has 11 heteroatoms. The van der Waals surface area contributed by atoms with Crippen molar-refractivity contribution >= 4 is 29.4 Å². The average Bonchev–Trinajstić information content (AvgIpc) is 3.45. The topological polar surface area (TPSA) is 89.8 Å². The zero-order valence-corrected chi connectivity index (χ0v) is 23.8. The van der Waals surface area contributed by atoms with Gasteiger partial charge >= 0.3 is 6.09 Å². The quantitative estimate of drug-likeness (QED) is 0.375. The molecule has 2 aliphatic heterocycles. The second-order valence-electron chi connectivity index (χ2n) is 10.5. The van der Waals surface area contributed by atoms with Crippen LogP contribution in [0.4, 0.5) is 19.4 Å². The SMILES string of the molecule is CCN(C(=O)Oc1ccc(F)cc1)[C@@H]1CN(C(=O)C2CCN(c3ccccn3)CC2C#N)C[C@H]1c1ccc(Cl)c(F)c1. The Morgan fingerprint density at radius 2 is 1.90 bits per heavy atom. The van der Waals surface area contributed by atoms with Crippen LogP contribution in [0.3, 0.4) is 0 Å². The van der Waals surface area contributed by atoms with Crippen LogP contribution in [0.1, 0.15) is 24.8 Å². The van der Waals surface area contributed by atoms with Gasteiger partial charge in [0, 0.05) is 44.8 Å². The van der Waals surface area contributed by atoms with Gasteiger partial charge in [-0.2, -0.15) is 5.26 Å². The predicted molar refractivity (Wildman–Crippen MR) is 153 cm³/mol. The highest BCUT2D eigenvalue weighted by molar-refractivity contribution is 6.30. The molecule has 2 amide bonds. The molecule has 1 aromatic heterocycles. The molecule has 2 unspecified atom stereocenters. The number of nitrogens with zero attached hydrogens (tertiary/aromatic N) is 5. The number of amides is 2. The number of carbonyl (C=O) groups excluding carboxylic acids is 2. The highest BCUT2D eigenvalue weighted by Gasteiger charge is 2.45. The van der Waals surface area contributed by atoms with Gasteiger partial charge < -0.3 is 19.4 Å². The molecule has 0 spiro atoms. The minimum absolute atomic E-state index is 0.0270. The molecule has 0 N–H and O–H groups in total. The molecule has 0 bridgehead atoms. The van der Waals surface area contributed by atoms with E-state index in [1.54, 1.807) is 24.1 Å². The van der Waals surface area contributed by atoms with Crippen molar-refractivity contribution in [2.75, 3.05) is 37.6 Å². The molecule has 218 valence electrons. The van der Waals surface area contributed by atoms with Crippen molar-refractivity contribution < 1.29 is 23.1 Å². The fraction of sp³-hybridized carbons (Fsp3) is 0.355.